The van der Waals surface area contributed by atoms with E-state index in [1.165, 1.54) is 12.1 Å². The lowest BCUT2D eigenvalue weighted by molar-refractivity contribution is 0.0696. The maximum atomic E-state index is 11.5. The third-order valence-corrected chi connectivity index (χ3v) is 4.08. The second-order valence-corrected chi connectivity index (χ2v) is 7.53. The number of nitriles is 1. The summed E-state index contributed by atoms with van der Waals surface area (Å²) in [5, 5.41) is 17.8. The first-order valence-corrected chi connectivity index (χ1v) is 8.24. The number of carboxylic acid groups (broad SMARTS) is 1. The van der Waals surface area contributed by atoms with Gasteiger partial charge >= 0.3 is 5.97 Å². The summed E-state index contributed by atoms with van der Waals surface area (Å²) < 4.78 is 28.3. The molecule has 0 aliphatic rings. The molecular formula is C13H14ClNO5S. The predicted molar refractivity (Wildman–Crippen MR) is 75.9 cm³/mol. The summed E-state index contributed by atoms with van der Waals surface area (Å²) >= 11 is 0. The fourth-order valence-corrected chi connectivity index (χ4v) is 2.42. The number of halogens is 1. The Bertz CT molecular complexity index is 691. The van der Waals surface area contributed by atoms with Crippen molar-refractivity contribution in [1.82, 2.24) is 0 Å². The van der Waals surface area contributed by atoms with Crippen molar-refractivity contribution in [2.24, 2.45) is 5.41 Å². The van der Waals surface area contributed by atoms with Crippen LogP contribution in [0.15, 0.2) is 23.1 Å². The number of nitrogens with zero attached hydrogens (tertiary/aromatic N) is 1. The molecule has 1 aromatic rings. The van der Waals surface area contributed by atoms with Gasteiger partial charge in [0.2, 0.25) is 0 Å². The quantitative estimate of drug-likeness (QED) is 0.803. The molecule has 0 saturated heterocycles. The molecule has 0 heterocycles. The van der Waals surface area contributed by atoms with Crippen LogP contribution in [0, 0.1) is 16.7 Å². The standard InChI is InChI=1S/C13H14ClNO5S/c1-13(2,8-15)5-6-20-10-4-3-9(12(16)17)7-11(10)21(14,18)19/h3-4,7H,5-6H2,1-2H3,(H,16,17). The van der Waals surface area contributed by atoms with Gasteiger partial charge < -0.3 is 9.84 Å². The topological polar surface area (TPSA) is 104 Å². The van der Waals surface area contributed by atoms with Gasteiger partial charge in [-0.3, -0.25) is 0 Å². The molecule has 1 aromatic carbocycles. The van der Waals surface area contributed by atoms with Gasteiger partial charge in [-0.05, 0) is 38.5 Å². The second-order valence-electron chi connectivity index (χ2n) is 5.00. The van der Waals surface area contributed by atoms with Crippen molar-refractivity contribution < 1.29 is 23.1 Å². The van der Waals surface area contributed by atoms with Crippen LogP contribution >= 0.6 is 10.7 Å². The molecular weight excluding hydrogens is 318 g/mol. The number of aromatic carboxylic acids is 1. The molecule has 0 aliphatic carbocycles. The third-order valence-electron chi connectivity index (χ3n) is 2.74. The van der Waals surface area contributed by atoms with Crippen molar-refractivity contribution in [3.63, 3.8) is 0 Å². The second kappa shape index (κ2) is 6.33. The molecule has 1 rings (SSSR count). The molecule has 0 amide bonds. The molecule has 0 atom stereocenters. The van der Waals surface area contributed by atoms with Gasteiger partial charge in [0.15, 0.2) is 0 Å². The fraction of sp³-hybridized carbons (Fsp3) is 0.385. The van der Waals surface area contributed by atoms with E-state index in [9.17, 15) is 13.2 Å². The van der Waals surface area contributed by atoms with E-state index in [1.54, 1.807) is 13.8 Å². The largest absolute Gasteiger partial charge is 0.492 e. The van der Waals surface area contributed by atoms with Gasteiger partial charge in [0.05, 0.1) is 23.7 Å². The molecule has 0 aliphatic heterocycles. The number of ether oxygens (including phenoxy) is 1. The van der Waals surface area contributed by atoms with Gasteiger partial charge in [-0.1, -0.05) is 0 Å². The molecule has 0 radical (unpaired) electrons. The molecule has 0 bridgehead atoms. The lowest BCUT2D eigenvalue weighted by atomic mass is 9.92. The summed E-state index contributed by atoms with van der Waals surface area (Å²) in [6.45, 7) is 3.55. The van der Waals surface area contributed by atoms with Gasteiger partial charge in [-0.15, -0.1) is 0 Å². The van der Waals surface area contributed by atoms with Crippen LogP contribution in [0.1, 0.15) is 30.6 Å². The van der Waals surface area contributed by atoms with Crippen molar-refractivity contribution in [3.8, 4) is 11.8 Å². The number of carboxylic acids is 1. The van der Waals surface area contributed by atoms with Gasteiger partial charge in [0, 0.05) is 10.7 Å². The summed E-state index contributed by atoms with van der Waals surface area (Å²) in [7, 11) is 1.14. The van der Waals surface area contributed by atoms with Crippen LogP contribution in [0.3, 0.4) is 0 Å². The molecule has 1 N–H and O–H groups in total. The highest BCUT2D eigenvalue weighted by Crippen LogP contribution is 2.29. The predicted octanol–water partition coefficient (Wildman–Crippen LogP) is 2.63. The van der Waals surface area contributed by atoms with Crippen molar-refractivity contribution in [2.45, 2.75) is 25.2 Å². The Hall–Kier alpha value is -1.78. The number of benzene rings is 1. The van der Waals surface area contributed by atoms with Gasteiger partial charge in [0.25, 0.3) is 9.05 Å². The first kappa shape index (κ1) is 17.3. The lowest BCUT2D eigenvalue weighted by Crippen LogP contribution is -2.14. The van der Waals surface area contributed by atoms with Crippen molar-refractivity contribution in [1.29, 1.82) is 5.26 Å². The molecule has 8 heteroatoms. The zero-order valence-electron chi connectivity index (χ0n) is 11.5. The Morgan fingerprint density at radius 3 is 2.57 bits per heavy atom. The molecule has 21 heavy (non-hydrogen) atoms. The van der Waals surface area contributed by atoms with E-state index in [0.717, 1.165) is 6.07 Å². The highest BCUT2D eigenvalue weighted by molar-refractivity contribution is 8.13. The Balaban J connectivity index is 3.03. The SMILES string of the molecule is CC(C)(C#N)CCOc1ccc(C(=O)O)cc1S(=O)(=O)Cl. The molecule has 0 fully saturated rings. The monoisotopic (exact) mass is 331 g/mol. The Labute approximate surface area is 127 Å². The first-order chi connectivity index (χ1) is 9.57. The Kier molecular flexibility index (Phi) is 5.20. The van der Waals surface area contributed by atoms with E-state index in [0.29, 0.717) is 6.42 Å². The van der Waals surface area contributed by atoms with Crippen LogP contribution < -0.4 is 4.74 Å². The minimum atomic E-state index is -4.14. The summed E-state index contributed by atoms with van der Waals surface area (Å²) in [6, 6.07) is 5.49. The summed E-state index contributed by atoms with van der Waals surface area (Å²) in [5.41, 5.74) is -0.819. The maximum absolute atomic E-state index is 11.5. The van der Waals surface area contributed by atoms with Crippen LogP contribution in [0.5, 0.6) is 5.75 Å². The number of hydrogen-bond acceptors (Lipinski definition) is 5. The van der Waals surface area contributed by atoms with Crippen LogP contribution in [-0.2, 0) is 9.05 Å². The zero-order valence-corrected chi connectivity index (χ0v) is 13.0. The van der Waals surface area contributed by atoms with Crippen LogP contribution in [0.2, 0.25) is 0 Å². The molecule has 6 nitrogen and oxygen atoms in total. The Morgan fingerprint density at radius 1 is 1.48 bits per heavy atom. The van der Waals surface area contributed by atoms with E-state index in [4.69, 9.17) is 25.8 Å². The molecule has 0 saturated carbocycles. The highest BCUT2D eigenvalue weighted by Gasteiger charge is 2.21. The van der Waals surface area contributed by atoms with Gasteiger partial charge in [-0.2, -0.15) is 5.26 Å². The third kappa shape index (κ3) is 4.92. The van der Waals surface area contributed by atoms with E-state index in [-0.39, 0.29) is 17.9 Å². The summed E-state index contributed by atoms with van der Waals surface area (Å²) in [5.74, 6) is -1.31. The minimum Gasteiger partial charge on any atom is -0.492 e. The number of rotatable bonds is 6. The van der Waals surface area contributed by atoms with Crippen molar-refractivity contribution in [2.75, 3.05) is 6.61 Å². The van der Waals surface area contributed by atoms with Gasteiger partial charge in [-0.25, -0.2) is 13.2 Å². The lowest BCUT2D eigenvalue weighted by Gasteiger charge is -2.16. The minimum absolute atomic E-state index is 0.0382. The number of hydrogen-bond donors (Lipinski definition) is 1. The van der Waals surface area contributed by atoms with Crippen LogP contribution in [0.4, 0.5) is 0 Å². The average Bonchev–Trinajstić information content (AvgIpc) is 2.37. The molecule has 0 spiro atoms. The smallest absolute Gasteiger partial charge is 0.335 e. The number of carbonyl (C=O) groups is 1. The van der Waals surface area contributed by atoms with E-state index in [2.05, 4.69) is 6.07 Å². The Morgan fingerprint density at radius 2 is 2.10 bits per heavy atom. The van der Waals surface area contributed by atoms with Crippen molar-refractivity contribution >= 4 is 25.7 Å². The highest BCUT2D eigenvalue weighted by atomic mass is 35.7. The van der Waals surface area contributed by atoms with E-state index >= 15 is 0 Å². The molecule has 0 unspecified atom stereocenters. The van der Waals surface area contributed by atoms with Crippen LogP contribution in [-0.4, -0.2) is 26.1 Å². The van der Waals surface area contributed by atoms with E-state index in [1.807, 2.05) is 0 Å². The van der Waals surface area contributed by atoms with Gasteiger partial charge in [0.1, 0.15) is 10.6 Å². The van der Waals surface area contributed by atoms with E-state index < -0.39 is 25.3 Å². The first-order valence-electron chi connectivity index (χ1n) is 5.93. The fourth-order valence-electron chi connectivity index (χ4n) is 1.42. The summed E-state index contributed by atoms with van der Waals surface area (Å²) in [4.78, 5) is 10.5. The van der Waals surface area contributed by atoms with Crippen LogP contribution in [0.25, 0.3) is 0 Å². The van der Waals surface area contributed by atoms with Crippen molar-refractivity contribution in [3.05, 3.63) is 23.8 Å². The molecule has 0 aromatic heterocycles. The zero-order chi connectivity index (χ0) is 16.3. The normalized spacial score (nSPS) is 11.7. The average molecular weight is 332 g/mol. The molecule has 114 valence electrons. The summed E-state index contributed by atoms with van der Waals surface area (Å²) in [6.07, 6.45) is 0.381. The maximum Gasteiger partial charge on any atom is 0.335 e.